The number of amides is 1. The van der Waals surface area contributed by atoms with E-state index in [1.165, 1.54) is 0 Å². The van der Waals surface area contributed by atoms with Crippen LogP contribution < -0.4 is 5.32 Å². The Bertz CT molecular complexity index is 233. The van der Waals surface area contributed by atoms with Crippen molar-refractivity contribution in [2.24, 2.45) is 0 Å². The van der Waals surface area contributed by atoms with Crippen LogP contribution in [0.4, 0.5) is 5.69 Å². The van der Waals surface area contributed by atoms with Crippen molar-refractivity contribution < 1.29 is 9.53 Å². The third-order valence-corrected chi connectivity index (χ3v) is 1.93. The Hall–Kier alpha value is -0.870. The van der Waals surface area contributed by atoms with Gasteiger partial charge in [0.25, 0.3) is 0 Å². The van der Waals surface area contributed by atoms with E-state index in [0.29, 0.717) is 6.61 Å². The summed E-state index contributed by atoms with van der Waals surface area (Å²) >= 11 is 1.55. The molecule has 1 N–H and O–H groups in total. The minimum absolute atomic E-state index is 0.102. The molecular weight excluding hydrogens is 174 g/mol. The number of carbonyl (C=O) groups is 1. The van der Waals surface area contributed by atoms with E-state index in [1.807, 2.05) is 23.8 Å². The molecule has 0 aliphatic carbocycles. The molecule has 1 aromatic heterocycles. The molecule has 0 saturated carbocycles. The van der Waals surface area contributed by atoms with Crippen molar-refractivity contribution in [2.45, 2.75) is 6.92 Å². The molecular formula is C8H11NO2S. The fraction of sp³-hybridized carbons (Fsp3) is 0.375. The van der Waals surface area contributed by atoms with Gasteiger partial charge in [-0.3, -0.25) is 4.79 Å². The zero-order valence-corrected chi connectivity index (χ0v) is 7.69. The van der Waals surface area contributed by atoms with Crippen LogP contribution in [0.2, 0.25) is 0 Å². The predicted octanol–water partition coefficient (Wildman–Crippen LogP) is 1.72. The molecule has 0 saturated heterocycles. The quantitative estimate of drug-likeness (QED) is 0.775. The number of hydrogen-bond donors (Lipinski definition) is 1. The summed E-state index contributed by atoms with van der Waals surface area (Å²) < 4.78 is 4.94. The molecule has 0 unspecified atom stereocenters. The van der Waals surface area contributed by atoms with E-state index in [4.69, 9.17) is 4.74 Å². The van der Waals surface area contributed by atoms with Crippen LogP contribution >= 0.6 is 11.3 Å². The van der Waals surface area contributed by atoms with E-state index >= 15 is 0 Å². The van der Waals surface area contributed by atoms with Gasteiger partial charge in [0.2, 0.25) is 5.91 Å². The monoisotopic (exact) mass is 185 g/mol. The van der Waals surface area contributed by atoms with Crippen LogP contribution in [0.1, 0.15) is 6.92 Å². The molecule has 0 bridgehead atoms. The van der Waals surface area contributed by atoms with Crippen LogP contribution in [0.15, 0.2) is 16.8 Å². The summed E-state index contributed by atoms with van der Waals surface area (Å²) in [4.78, 5) is 11.0. The van der Waals surface area contributed by atoms with Crippen LogP contribution in [-0.2, 0) is 9.53 Å². The molecule has 4 heteroatoms. The Morgan fingerprint density at radius 2 is 2.58 bits per heavy atom. The molecule has 0 spiro atoms. The third kappa shape index (κ3) is 3.02. The lowest BCUT2D eigenvalue weighted by atomic mass is 10.5. The van der Waals surface area contributed by atoms with E-state index in [1.54, 1.807) is 11.3 Å². The Morgan fingerprint density at radius 1 is 1.75 bits per heavy atom. The van der Waals surface area contributed by atoms with Gasteiger partial charge in [-0.25, -0.2) is 0 Å². The fourth-order valence-electron chi connectivity index (χ4n) is 0.727. The zero-order chi connectivity index (χ0) is 8.81. The molecule has 0 aliphatic heterocycles. The van der Waals surface area contributed by atoms with E-state index in [2.05, 4.69) is 5.32 Å². The fourth-order valence-corrected chi connectivity index (χ4v) is 1.32. The second kappa shape index (κ2) is 4.90. The average molecular weight is 185 g/mol. The van der Waals surface area contributed by atoms with Crippen molar-refractivity contribution in [1.82, 2.24) is 0 Å². The third-order valence-electron chi connectivity index (χ3n) is 1.24. The maximum absolute atomic E-state index is 11.0. The molecule has 3 nitrogen and oxygen atoms in total. The molecule has 0 radical (unpaired) electrons. The first kappa shape index (κ1) is 9.22. The van der Waals surface area contributed by atoms with Crippen LogP contribution in [0.5, 0.6) is 0 Å². The van der Waals surface area contributed by atoms with Gasteiger partial charge >= 0.3 is 0 Å². The maximum atomic E-state index is 11.0. The molecule has 12 heavy (non-hydrogen) atoms. The maximum Gasteiger partial charge on any atom is 0.250 e. The first-order valence-electron chi connectivity index (χ1n) is 3.72. The van der Waals surface area contributed by atoms with Crippen molar-refractivity contribution in [2.75, 3.05) is 18.5 Å². The lowest BCUT2D eigenvalue weighted by Gasteiger charge is -2.01. The number of thiophene rings is 1. The van der Waals surface area contributed by atoms with Crippen molar-refractivity contribution in [3.63, 3.8) is 0 Å². The van der Waals surface area contributed by atoms with Gasteiger partial charge in [0.1, 0.15) is 6.61 Å². The second-order valence-electron chi connectivity index (χ2n) is 2.20. The Kier molecular flexibility index (Phi) is 3.76. The minimum Gasteiger partial charge on any atom is -0.372 e. The average Bonchev–Trinajstić information content (AvgIpc) is 2.53. The van der Waals surface area contributed by atoms with Gasteiger partial charge in [-0.1, -0.05) is 0 Å². The van der Waals surface area contributed by atoms with Crippen LogP contribution in [0.3, 0.4) is 0 Å². The van der Waals surface area contributed by atoms with Gasteiger partial charge in [-0.2, -0.15) is 11.3 Å². The van der Waals surface area contributed by atoms with Crippen LogP contribution in [0.25, 0.3) is 0 Å². The summed E-state index contributed by atoms with van der Waals surface area (Å²) in [6, 6.07) is 1.86. The zero-order valence-electron chi connectivity index (χ0n) is 6.87. The van der Waals surface area contributed by atoms with Crippen LogP contribution in [0, 0.1) is 0 Å². The molecule has 1 aromatic rings. The number of anilines is 1. The Morgan fingerprint density at radius 3 is 3.17 bits per heavy atom. The van der Waals surface area contributed by atoms with Crippen molar-refractivity contribution in [3.05, 3.63) is 16.8 Å². The summed E-state index contributed by atoms with van der Waals surface area (Å²) in [6.45, 7) is 2.56. The van der Waals surface area contributed by atoms with E-state index < -0.39 is 0 Å². The molecule has 66 valence electrons. The number of ether oxygens (including phenoxy) is 1. The normalized spacial score (nSPS) is 9.75. The van der Waals surface area contributed by atoms with Gasteiger partial charge in [-0.15, -0.1) is 0 Å². The highest BCUT2D eigenvalue weighted by atomic mass is 32.1. The van der Waals surface area contributed by atoms with Gasteiger partial charge in [-0.05, 0) is 18.4 Å². The molecule has 1 amide bonds. The standard InChI is InChI=1S/C8H11NO2S/c1-2-11-5-8(10)9-7-3-4-12-6-7/h3-4,6H,2,5H2,1H3,(H,9,10). The van der Waals surface area contributed by atoms with Gasteiger partial charge < -0.3 is 10.1 Å². The molecule has 0 atom stereocenters. The second-order valence-corrected chi connectivity index (χ2v) is 2.98. The number of nitrogens with one attached hydrogen (secondary N) is 1. The van der Waals surface area contributed by atoms with E-state index in [-0.39, 0.29) is 12.5 Å². The Labute approximate surface area is 75.4 Å². The van der Waals surface area contributed by atoms with E-state index in [9.17, 15) is 4.79 Å². The van der Waals surface area contributed by atoms with Crippen molar-refractivity contribution >= 4 is 22.9 Å². The highest BCUT2D eigenvalue weighted by molar-refractivity contribution is 7.08. The van der Waals surface area contributed by atoms with Crippen molar-refractivity contribution in [1.29, 1.82) is 0 Å². The highest BCUT2D eigenvalue weighted by Gasteiger charge is 2.00. The van der Waals surface area contributed by atoms with Gasteiger partial charge in [0.15, 0.2) is 0 Å². The number of carbonyl (C=O) groups excluding carboxylic acids is 1. The molecule has 0 aliphatic rings. The summed E-state index contributed by atoms with van der Waals surface area (Å²) in [7, 11) is 0. The summed E-state index contributed by atoms with van der Waals surface area (Å²) in [5, 5.41) is 6.49. The first-order valence-corrected chi connectivity index (χ1v) is 4.67. The smallest absolute Gasteiger partial charge is 0.250 e. The molecule has 1 heterocycles. The minimum atomic E-state index is -0.102. The summed E-state index contributed by atoms with van der Waals surface area (Å²) in [5.41, 5.74) is 0.838. The summed E-state index contributed by atoms with van der Waals surface area (Å²) in [5.74, 6) is -0.102. The highest BCUT2D eigenvalue weighted by Crippen LogP contribution is 2.11. The van der Waals surface area contributed by atoms with Crippen molar-refractivity contribution in [3.8, 4) is 0 Å². The SMILES string of the molecule is CCOCC(=O)Nc1ccsc1. The van der Waals surface area contributed by atoms with E-state index in [0.717, 1.165) is 5.69 Å². The van der Waals surface area contributed by atoms with Crippen LogP contribution in [-0.4, -0.2) is 19.1 Å². The largest absolute Gasteiger partial charge is 0.372 e. The molecule has 0 fully saturated rings. The molecule has 1 rings (SSSR count). The van der Waals surface area contributed by atoms with Gasteiger partial charge in [0.05, 0.1) is 5.69 Å². The Balaban J connectivity index is 2.27. The number of rotatable bonds is 4. The lowest BCUT2D eigenvalue weighted by Crippen LogP contribution is -2.17. The molecule has 0 aromatic carbocycles. The first-order chi connectivity index (χ1) is 5.83. The number of hydrogen-bond acceptors (Lipinski definition) is 3. The lowest BCUT2D eigenvalue weighted by molar-refractivity contribution is -0.120. The van der Waals surface area contributed by atoms with Gasteiger partial charge in [0, 0.05) is 12.0 Å². The predicted molar refractivity (Wildman–Crippen MR) is 49.4 cm³/mol. The summed E-state index contributed by atoms with van der Waals surface area (Å²) in [6.07, 6.45) is 0. The topological polar surface area (TPSA) is 38.3 Å².